The zero-order valence-electron chi connectivity index (χ0n) is 10.3. The zero-order chi connectivity index (χ0) is 15.6. The molecule has 0 fully saturated rings. The van der Waals surface area contributed by atoms with E-state index in [1.54, 1.807) is 0 Å². The molecular formula is C13H8Cl2O4S2. The minimum atomic E-state index is -4.18. The fourth-order valence-corrected chi connectivity index (χ4v) is 4.39. The Kier molecular flexibility index (Phi) is 4.73. The fourth-order valence-electron chi connectivity index (χ4n) is 1.65. The van der Waals surface area contributed by atoms with E-state index in [1.165, 1.54) is 48.5 Å². The maximum atomic E-state index is 12.5. The Morgan fingerprint density at radius 1 is 0.810 bits per heavy atom. The van der Waals surface area contributed by atoms with E-state index in [0.29, 0.717) is 10.0 Å². The third-order valence-electron chi connectivity index (χ3n) is 2.60. The summed E-state index contributed by atoms with van der Waals surface area (Å²) < 4.78 is 47.0. The van der Waals surface area contributed by atoms with Crippen molar-refractivity contribution in [1.29, 1.82) is 0 Å². The second-order valence-electron chi connectivity index (χ2n) is 3.99. The van der Waals surface area contributed by atoms with Crippen molar-refractivity contribution in [3.63, 3.8) is 0 Å². The van der Waals surface area contributed by atoms with Crippen LogP contribution in [-0.2, 0) is 20.1 Å². The van der Waals surface area contributed by atoms with Crippen molar-refractivity contribution in [3.8, 4) is 0 Å². The molecule has 2 aromatic rings. The second kappa shape index (κ2) is 6.19. The molecule has 0 heterocycles. The Morgan fingerprint density at radius 3 is 1.67 bits per heavy atom. The Bertz CT molecular complexity index is 890. The number of hydrogen-bond donors (Lipinski definition) is 0. The van der Waals surface area contributed by atoms with Gasteiger partial charge in [-0.25, -0.2) is 8.42 Å². The number of halogens is 2. The lowest BCUT2D eigenvalue weighted by molar-refractivity contribution is 0.607. The molecule has 0 aliphatic rings. The summed E-state index contributed by atoms with van der Waals surface area (Å²) in [6.07, 6.45) is 0. The van der Waals surface area contributed by atoms with Crippen LogP contribution in [0.5, 0.6) is 0 Å². The van der Waals surface area contributed by atoms with Gasteiger partial charge in [-0.15, -0.1) is 0 Å². The van der Waals surface area contributed by atoms with Crippen molar-refractivity contribution < 1.29 is 16.8 Å². The summed E-state index contributed by atoms with van der Waals surface area (Å²) in [5.41, 5.74) is 0.0442. The van der Waals surface area contributed by atoms with E-state index in [2.05, 4.69) is 0 Å². The largest absolute Gasteiger partial charge is 0.234 e. The normalized spacial score (nSPS) is 11.1. The summed E-state index contributed by atoms with van der Waals surface area (Å²) in [7, 11) is -7.11. The van der Waals surface area contributed by atoms with Crippen molar-refractivity contribution in [3.05, 3.63) is 64.1 Å². The van der Waals surface area contributed by atoms with E-state index in [0.717, 1.165) is 0 Å². The first-order valence-electron chi connectivity index (χ1n) is 5.55. The SMILES string of the molecule is O=S(=O)=C(c1ccc(Cl)cc1)S(=O)(=O)c1ccc(Cl)cc1. The molecule has 0 radical (unpaired) electrons. The Labute approximate surface area is 133 Å². The van der Waals surface area contributed by atoms with Crippen LogP contribution in [0.2, 0.25) is 10.0 Å². The molecule has 0 bridgehead atoms. The Hall–Kier alpha value is -1.34. The van der Waals surface area contributed by atoms with Gasteiger partial charge in [0.25, 0.3) is 0 Å². The van der Waals surface area contributed by atoms with Gasteiger partial charge in [0.05, 0.1) is 4.90 Å². The predicted octanol–water partition coefficient (Wildman–Crippen LogP) is 2.82. The van der Waals surface area contributed by atoms with Crippen molar-refractivity contribution in [2.75, 3.05) is 0 Å². The van der Waals surface area contributed by atoms with Crippen molar-refractivity contribution in [1.82, 2.24) is 0 Å². The molecule has 0 atom stereocenters. The van der Waals surface area contributed by atoms with Crippen LogP contribution in [0.25, 0.3) is 0 Å². The van der Waals surface area contributed by atoms with Crippen LogP contribution < -0.4 is 0 Å². The molecule has 0 N–H and O–H groups in total. The molecule has 0 saturated heterocycles. The molecule has 0 unspecified atom stereocenters. The smallest absolute Gasteiger partial charge is 0.217 e. The van der Waals surface area contributed by atoms with Crippen LogP contribution in [0.1, 0.15) is 5.56 Å². The standard InChI is InChI=1S/C13H8Cl2O4S2/c14-10-3-1-9(2-4-10)13(20(16)17)21(18,19)12-7-5-11(15)6-8-12/h1-8H. The molecule has 0 spiro atoms. The number of benzene rings is 2. The van der Waals surface area contributed by atoms with E-state index in [9.17, 15) is 16.8 Å². The maximum absolute atomic E-state index is 12.5. The molecular weight excluding hydrogens is 355 g/mol. The highest BCUT2D eigenvalue weighted by molar-refractivity contribution is 8.16. The van der Waals surface area contributed by atoms with Gasteiger partial charge in [0.1, 0.15) is 0 Å². The van der Waals surface area contributed by atoms with Gasteiger partial charge in [-0.05, 0) is 36.4 Å². The number of rotatable bonds is 2. The highest BCUT2D eigenvalue weighted by atomic mass is 35.5. The molecule has 0 aliphatic carbocycles. The van der Waals surface area contributed by atoms with E-state index < -0.39 is 24.3 Å². The van der Waals surface area contributed by atoms with E-state index in [-0.39, 0.29) is 10.5 Å². The van der Waals surface area contributed by atoms with E-state index >= 15 is 0 Å². The molecule has 2 rings (SSSR count). The first-order valence-corrected chi connectivity index (χ1v) is 8.86. The van der Waals surface area contributed by atoms with Crippen molar-refractivity contribution in [2.24, 2.45) is 0 Å². The topological polar surface area (TPSA) is 68.3 Å². The predicted molar refractivity (Wildman–Crippen MR) is 83.1 cm³/mol. The highest BCUT2D eigenvalue weighted by Crippen LogP contribution is 2.20. The minimum Gasteiger partial charge on any atom is -0.217 e. The average Bonchev–Trinajstić information content (AvgIpc) is 2.41. The first kappa shape index (κ1) is 16.0. The highest BCUT2D eigenvalue weighted by Gasteiger charge is 2.25. The van der Waals surface area contributed by atoms with Gasteiger partial charge in [0.2, 0.25) is 20.1 Å². The summed E-state index contributed by atoms with van der Waals surface area (Å²) in [5.74, 6) is 0. The molecule has 0 amide bonds. The minimum absolute atomic E-state index is 0.0442. The van der Waals surface area contributed by atoms with Crippen LogP contribution in [-0.4, -0.2) is 21.0 Å². The molecule has 0 aliphatic heterocycles. The van der Waals surface area contributed by atoms with Gasteiger partial charge in [-0.2, -0.15) is 8.42 Å². The van der Waals surface area contributed by atoms with Gasteiger partial charge in [0, 0.05) is 15.6 Å². The second-order valence-corrected chi connectivity index (χ2v) is 7.88. The summed E-state index contributed by atoms with van der Waals surface area (Å²) in [6.45, 7) is 0. The number of hydrogen-bond acceptors (Lipinski definition) is 4. The van der Waals surface area contributed by atoms with E-state index in [1.807, 2.05) is 0 Å². The summed E-state index contributed by atoms with van der Waals surface area (Å²) in [6, 6.07) is 10.8. The molecule has 110 valence electrons. The van der Waals surface area contributed by atoms with Crippen molar-refractivity contribution in [2.45, 2.75) is 4.90 Å². The van der Waals surface area contributed by atoms with Gasteiger partial charge < -0.3 is 0 Å². The lowest BCUT2D eigenvalue weighted by Gasteiger charge is -2.06. The van der Waals surface area contributed by atoms with Crippen LogP contribution in [0.15, 0.2) is 53.4 Å². The van der Waals surface area contributed by atoms with Gasteiger partial charge >= 0.3 is 0 Å². The lowest BCUT2D eigenvalue weighted by atomic mass is 10.2. The van der Waals surface area contributed by atoms with Gasteiger partial charge in [-0.3, -0.25) is 0 Å². The Morgan fingerprint density at radius 2 is 1.24 bits per heavy atom. The lowest BCUT2D eigenvalue weighted by Crippen LogP contribution is -2.17. The quantitative estimate of drug-likeness (QED) is 0.770. The Balaban J connectivity index is 2.67. The molecule has 2 aromatic carbocycles. The molecule has 0 saturated carbocycles. The summed E-state index contributed by atoms with van der Waals surface area (Å²) in [5, 5.41) is 0.726. The van der Waals surface area contributed by atoms with Gasteiger partial charge in [0.15, 0.2) is 4.20 Å². The monoisotopic (exact) mass is 362 g/mol. The zero-order valence-corrected chi connectivity index (χ0v) is 13.5. The van der Waals surface area contributed by atoms with Crippen LogP contribution in [0.3, 0.4) is 0 Å². The number of sulfone groups is 1. The fraction of sp³-hybridized carbons (Fsp3) is 0. The molecule has 0 aromatic heterocycles. The average molecular weight is 363 g/mol. The van der Waals surface area contributed by atoms with Crippen molar-refractivity contribution >= 4 is 47.5 Å². The third kappa shape index (κ3) is 3.47. The van der Waals surface area contributed by atoms with Gasteiger partial charge in [-0.1, -0.05) is 35.3 Å². The third-order valence-corrected chi connectivity index (χ3v) is 6.32. The van der Waals surface area contributed by atoms with Crippen LogP contribution in [0.4, 0.5) is 0 Å². The summed E-state index contributed by atoms with van der Waals surface area (Å²) >= 11 is 11.4. The maximum Gasteiger partial charge on any atom is 0.234 e. The molecule has 8 heteroatoms. The van der Waals surface area contributed by atoms with E-state index in [4.69, 9.17) is 23.2 Å². The first-order chi connectivity index (χ1) is 9.82. The molecule has 21 heavy (non-hydrogen) atoms. The summed E-state index contributed by atoms with van der Waals surface area (Å²) in [4.78, 5) is -0.152. The van der Waals surface area contributed by atoms with Crippen LogP contribution >= 0.6 is 23.2 Å². The molecule has 4 nitrogen and oxygen atoms in total. The van der Waals surface area contributed by atoms with Crippen LogP contribution in [0, 0.1) is 0 Å².